The molecule has 2 aromatic carbocycles. The van der Waals surface area contributed by atoms with Crippen molar-refractivity contribution >= 4 is 45.3 Å². The van der Waals surface area contributed by atoms with E-state index < -0.39 is 24.0 Å². The number of aromatic hydroxyl groups is 1. The first-order chi connectivity index (χ1) is 17.2. The zero-order valence-electron chi connectivity index (χ0n) is 19.3. The molecule has 1 aliphatic rings. The molecule has 2 atom stereocenters. The minimum absolute atomic E-state index is 0.00968. The van der Waals surface area contributed by atoms with Gasteiger partial charge >= 0.3 is 11.6 Å². The van der Waals surface area contributed by atoms with Crippen LogP contribution in [-0.2, 0) is 28.9 Å². The van der Waals surface area contributed by atoms with Crippen molar-refractivity contribution in [1.29, 1.82) is 0 Å². The van der Waals surface area contributed by atoms with Crippen LogP contribution in [0, 0.1) is 0 Å². The molecule has 4 N–H and O–H groups in total. The second-order valence-corrected chi connectivity index (χ2v) is 9.29. The van der Waals surface area contributed by atoms with Gasteiger partial charge in [-0.05, 0) is 61.6 Å². The molecule has 0 bridgehead atoms. The average molecular weight is 511 g/mol. The predicted molar refractivity (Wildman–Crippen MR) is 133 cm³/mol. The number of phenolic OH excluding ortho intramolecular Hbond substituents is 1. The van der Waals surface area contributed by atoms with Crippen molar-refractivity contribution in [2.75, 3.05) is 0 Å². The Kier molecular flexibility index (Phi) is 6.09. The monoisotopic (exact) mass is 510 g/mol. The molecule has 1 amide bonds. The van der Waals surface area contributed by atoms with Crippen molar-refractivity contribution in [3.05, 3.63) is 68.7 Å². The number of hydrogen-bond acceptors (Lipinski definition) is 6. The molecule has 10 heteroatoms. The summed E-state index contributed by atoms with van der Waals surface area (Å²) in [6, 6.07) is 6.64. The second kappa shape index (κ2) is 9.23. The number of H-pyrrole nitrogens is 1. The largest absolute Gasteiger partial charge is 0.508 e. The minimum Gasteiger partial charge on any atom is -0.508 e. The fourth-order valence-corrected chi connectivity index (χ4v) is 4.87. The van der Waals surface area contributed by atoms with Gasteiger partial charge in [0, 0.05) is 40.5 Å². The number of rotatable bonds is 7. The van der Waals surface area contributed by atoms with Gasteiger partial charge in [-0.1, -0.05) is 11.6 Å². The number of carboxylic acids is 1. The highest BCUT2D eigenvalue weighted by Gasteiger charge is 2.27. The molecule has 0 fully saturated rings. The number of carbonyl (C=O) groups is 2. The van der Waals surface area contributed by atoms with Crippen molar-refractivity contribution in [3.8, 4) is 11.5 Å². The summed E-state index contributed by atoms with van der Waals surface area (Å²) in [5, 5.41) is 23.6. The molecule has 9 nitrogen and oxygen atoms in total. The van der Waals surface area contributed by atoms with Gasteiger partial charge in [-0.25, -0.2) is 9.59 Å². The molecule has 2 heterocycles. The fourth-order valence-electron chi connectivity index (χ4n) is 4.66. The van der Waals surface area contributed by atoms with Crippen LogP contribution in [0.4, 0.5) is 0 Å². The summed E-state index contributed by atoms with van der Waals surface area (Å²) in [5.41, 5.74) is 2.89. The third-order valence-electron chi connectivity index (χ3n) is 6.49. The van der Waals surface area contributed by atoms with Crippen LogP contribution in [0.3, 0.4) is 0 Å². The molecular formula is C26H23ClN2O7. The lowest BCUT2D eigenvalue weighted by atomic mass is 10.0. The van der Waals surface area contributed by atoms with Crippen LogP contribution in [0.25, 0.3) is 21.9 Å². The number of carboxylic acid groups (broad SMARTS) is 1. The van der Waals surface area contributed by atoms with Gasteiger partial charge in [-0.3, -0.25) is 4.79 Å². The summed E-state index contributed by atoms with van der Waals surface area (Å²) in [7, 11) is 0. The summed E-state index contributed by atoms with van der Waals surface area (Å²) in [6.45, 7) is 1.47. The Hall–Kier alpha value is -3.98. The van der Waals surface area contributed by atoms with E-state index in [0.29, 0.717) is 28.5 Å². The van der Waals surface area contributed by atoms with Crippen LogP contribution in [-0.4, -0.2) is 39.2 Å². The summed E-state index contributed by atoms with van der Waals surface area (Å²) in [5.74, 6) is -1.68. The minimum atomic E-state index is -1.24. The summed E-state index contributed by atoms with van der Waals surface area (Å²) >= 11 is 6.42. The molecule has 0 spiro atoms. The van der Waals surface area contributed by atoms with Crippen LogP contribution >= 0.6 is 11.6 Å². The molecule has 0 aliphatic heterocycles. The van der Waals surface area contributed by atoms with E-state index in [0.717, 1.165) is 29.3 Å². The Morgan fingerprint density at radius 1 is 1.19 bits per heavy atom. The van der Waals surface area contributed by atoms with Gasteiger partial charge in [0.1, 0.15) is 23.1 Å². The smallest absolute Gasteiger partial charge is 0.339 e. The van der Waals surface area contributed by atoms with Gasteiger partial charge in [-0.15, -0.1) is 0 Å². The number of aliphatic carboxylic acids is 1. The van der Waals surface area contributed by atoms with E-state index in [-0.39, 0.29) is 28.6 Å². The third-order valence-corrected chi connectivity index (χ3v) is 6.78. The quantitative estimate of drug-likeness (QED) is 0.278. The van der Waals surface area contributed by atoms with Gasteiger partial charge in [0.2, 0.25) is 0 Å². The Morgan fingerprint density at radius 3 is 2.75 bits per heavy atom. The van der Waals surface area contributed by atoms with E-state index in [4.69, 9.17) is 20.8 Å². The molecule has 5 rings (SSSR count). The number of amides is 1. The lowest BCUT2D eigenvalue weighted by Crippen LogP contribution is -2.47. The normalized spacial score (nSPS) is 14.5. The number of benzene rings is 2. The zero-order valence-corrected chi connectivity index (χ0v) is 20.0. The van der Waals surface area contributed by atoms with Crippen LogP contribution in [0.15, 0.2) is 45.7 Å². The van der Waals surface area contributed by atoms with Gasteiger partial charge in [0.25, 0.3) is 5.91 Å². The number of halogens is 1. The highest BCUT2D eigenvalue weighted by molar-refractivity contribution is 6.32. The number of nitrogens with one attached hydrogen (secondary N) is 2. The van der Waals surface area contributed by atoms with E-state index in [1.165, 1.54) is 25.1 Å². The third kappa shape index (κ3) is 4.37. The standard InChI is InChI=1S/C26H23ClN2O7/c1-12(35-23-10-22-18(9-19(23)27)15-3-2-4-16(15)26(34)36-22)24(31)29-21(25(32)33)7-13-11-28-20-6-5-14(30)8-17(13)20/h5-6,8-12,21,28,30H,2-4,7H2,1H3,(H,29,31)(H,32,33)/t12-,21-/m1/s1. The highest BCUT2D eigenvalue weighted by atomic mass is 35.5. The Labute approximate surface area is 209 Å². The first-order valence-electron chi connectivity index (χ1n) is 11.5. The molecule has 1 aliphatic carbocycles. The van der Waals surface area contributed by atoms with Crippen LogP contribution in [0.1, 0.15) is 30.0 Å². The lowest BCUT2D eigenvalue weighted by molar-refractivity contribution is -0.142. The Morgan fingerprint density at radius 2 is 1.97 bits per heavy atom. The topological polar surface area (TPSA) is 142 Å². The molecule has 2 aromatic heterocycles. The number of ether oxygens (including phenoxy) is 1. The molecular weight excluding hydrogens is 488 g/mol. The van der Waals surface area contributed by atoms with E-state index in [1.807, 2.05) is 0 Å². The number of hydrogen-bond donors (Lipinski definition) is 4. The van der Waals surface area contributed by atoms with Crippen LogP contribution in [0.2, 0.25) is 5.02 Å². The van der Waals surface area contributed by atoms with Gasteiger partial charge < -0.3 is 29.7 Å². The van der Waals surface area contributed by atoms with Crippen LogP contribution < -0.4 is 15.7 Å². The second-order valence-electron chi connectivity index (χ2n) is 8.89. The molecule has 0 saturated heterocycles. The summed E-state index contributed by atoms with van der Waals surface area (Å²) < 4.78 is 11.2. The van der Waals surface area contributed by atoms with E-state index in [2.05, 4.69) is 10.3 Å². The van der Waals surface area contributed by atoms with E-state index in [9.17, 15) is 24.6 Å². The molecule has 0 radical (unpaired) electrons. The zero-order chi connectivity index (χ0) is 25.6. The number of aromatic nitrogens is 1. The first kappa shape index (κ1) is 23.7. The Balaban J connectivity index is 1.33. The first-order valence-corrected chi connectivity index (χ1v) is 11.9. The predicted octanol–water partition coefficient (Wildman–Crippen LogP) is 3.70. The molecule has 186 valence electrons. The number of aryl methyl sites for hydroxylation is 1. The molecule has 0 unspecified atom stereocenters. The van der Waals surface area contributed by atoms with Crippen molar-refractivity contribution < 1.29 is 29.0 Å². The molecule has 36 heavy (non-hydrogen) atoms. The SMILES string of the molecule is C[C@@H](Oc1cc2oc(=O)c3c(c2cc1Cl)CCC3)C(=O)N[C@H](Cc1c[nH]c2ccc(O)cc12)C(=O)O. The van der Waals surface area contributed by atoms with Gasteiger partial charge in [0.15, 0.2) is 6.10 Å². The molecule has 0 saturated carbocycles. The van der Waals surface area contributed by atoms with Crippen molar-refractivity contribution in [2.24, 2.45) is 0 Å². The number of carbonyl (C=O) groups excluding carboxylic acids is 1. The number of phenols is 1. The van der Waals surface area contributed by atoms with Crippen molar-refractivity contribution in [3.63, 3.8) is 0 Å². The lowest BCUT2D eigenvalue weighted by Gasteiger charge is -2.19. The fraction of sp³-hybridized carbons (Fsp3) is 0.269. The number of aromatic amines is 1. The van der Waals surface area contributed by atoms with Crippen molar-refractivity contribution in [1.82, 2.24) is 10.3 Å². The van der Waals surface area contributed by atoms with E-state index in [1.54, 1.807) is 18.3 Å². The van der Waals surface area contributed by atoms with E-state index >= 15 is 0 Å². The maximum absolute atomic E-state index is 12.8. The molecule has 4 aromatic rings. The highest BCUT2D eigenvalue weighted by Crippen LogP contribution is 2.35. The average Bonchev–Trinajstić information content (AvgIpc) is 3.47. The van der Waals surface area contributed by atoms with Crippen LogP contribution in [0.5, 0.6) is 11.5 Å². The number of fused-ring (bicyclic) bond motifs is 4. The summed E-state index contributed by atoms with van der Waals surface area (Å²) in [6.07, 6.45) is 2.85. The summed E-state index contributed by atoms with van der Waals surface area (Å²) in [4.78, 5) is 40.0. The van der Waals surface area contributed by atoms with Crippen molar-refractivity contribution in [2.45, 2.75) is 44.8 Å². The maximum Gasteiger partial charge on any atom is 0.339 e. The van der Waals surface area contributed by atoms with Gasteiger partial charge in [-0.2, -0.15) is 0 Å². The maximum atomic E-state index is 12.8. The Bertz CT molecular complexity index is 1570. The van der Waals surface area contributed by atoms with Gasteiger partial charge in [0.05, 0.1) is 5.02 Å².